The number of methoxy groups -OCH3 is 1. The standard InChI is InChI=1S/C18H13ClF3N3O4/c1-29-13-8-3-2-7-12(13)25-15(27)17(18(20,21)22,24-16(25)28)23-14(26)10-5-4-6-11(19)9-10/h2-9H,1H3,(H,23,26)(H,24,28)/t17-/m0/s1. The molecule has 0 aromatic heterocycles. The molecule has 0 radical (unpaired) electrons. The van der Waals surface area contributed by atoms with Gasteiger partial charge in [0.1, 0.15) is 5.75 Å². The second-order valence-corrected chi connectivity index (χ2v) is 6.39. The molecule has 0 unspecified atom stereocenters. The van der Waals surface area contributed by atoms with Crippen LogP contribution < -0.4 is 20.3 Å². The van der Waals surface area contributed by atoms with E-state index in [0.717, 1.165) is 6.07 Å². The second-order valence-electron chi connectivity index (χ2n) is 5.95. The molecular weight excluding hydrogens is 415 g/mol. The Morgan fingerprint density at radius 1 is 1.17 bits per heavy atom. The number of nitrogens with zero attached hydrogens (tertiary/aromatic N) is 1. The third-order valence-corrected chi connectivity index (χ3v) is 4.40. The predicted octanol–water partition coefficient (Wildman–Crippen LogP) is 3.09. The number of hydrogen-bond acceptors (Lipinski definition) is 4. The van der Waals surface area contributed by atoms with Gasteiger partial charge in [-0.2, -0.15) is 13.2 Å². The van der Waals surface area contributed by atoms with Crippen LogP contribution in [0.2, 0.25) is 5.02 Å². The van der Waals surface area contributed by atoms with Crippen LogP contribution in [0.3, 0.4) is 0 Å². The Morgan fingerprint density at radius 2 is 1.86 bits per heavy atom. The van der Waals surface area contributed by atoms with E-state index in [9.17, 15) is 27.6 Å². The van der Waals surface area contributed by atoms with Gasteiger partial charge in [0, 0.05) is 10.6 Å². The first-order chi connectivity index (χ1) is 13.6. The molecule has 11 heteroatoms. The predicted molar refractivity (Wildman–Crippen MR) is 96.7 cm³/mol. The average Bonchev–Trinajstić information content (AvgIpc) is 2.92. The monoisotopic (exact) mass is 427 g/mol. The molecule has 29 heavy (non-hydrogen) atoms. The van der Waals surface area contributed by atoms with E-state index in [0.29, 0.717) is 0 Å². The van der Waals surface area contributed by atoms with Crippen molar-refractivity contribution < 1.29 is 32.3 Å². The Hall–Kier alpha value is -3.27. The maximum absolute atomic E-state index is 13.9. The molecule has 152 valence electrons. The highest BCUT2D eigenvalue weighted by atomic mass is 35.5. The van der Waals surface area contributed by atoms with Gasteiger partial charge in [0.15, 0.2) is 0 Å². The number of alkyl halides is 3. The largest absolute Gasteiger partial charge is 0.495 e. The van der Waals surface area contributed by atoms with Gasteiger partial charge < -0.3 is 10.1 Å². The van der Waals surface area contributed by atoms with Crippen molar-refractivity contribution >= 4 is 35.1 Å². The zero-order chi connectivity index (χ0) is 21.4. The van der Waals surface area contributed by atoms with Crippen molar-refractivity contribution in [2.45, 2.75) is 11.8 Å². The lowest BCUT2D eigenvalue weighted by Crippen LogP contribution is -2.69. The van der Waals surface area contributed by atoms with Gasteiger partial charge in [0.2, 0.25) is 0 Å². The summed E-state index contributed by atoms with van der Waals surface area (Å²) in [6.45, 7) is 0. The highest BCUT2D eigenvalue weighted by molar-refractivity contribution is 6.31. The summed E-state index contributed by atoms with van der Waals surface area (Å²) in [6, 6.07) is 9.27. The summed E-state index contributed by atoms with van der Waals surface area (Å²) in [5, 5.41) is 3.28. The molecule has 3 rings (SSSR count). The van der Waals surface area contributed by atoms with Gasteiger partial charge in [-0.3, -0.25) is 14.9 Å². The fraction of sp³-hybridized carbons (Fsp3) is 0.167. The van der Waals surface area contributed by atoms with Crippen LogP contribution >= 0.6 is 11.6 Å². The lowest BCUT2D eigenvalue weighted by atomic mass is 10.1. The fourth-order valence-electron chi connectivity index (χ4n) is 2.78. The first kappa shape index (κ1) is 20.5. The van der Waals surface area contributed by atoms with Crippen molar-refractivity contribution in [2.24, 2.45) is 0 Å². The number of carbonyl (C=O) groups excluding carboxylic acids is 3. The summed E-state index contributed by atoms with van der Waals surface area (Å²) in [7, 11) is 1.23. The number of imide groups is 1. The number of halogens is 4. The molecule has 1 aliphatic rings. The molecule has 0 bridgehead atoms. The number of benzene rings is 2. The van der Waals surface area contributed by atoms with E-state index in [4.69, 9.17) is 16.3 Å². The molecule has 0 saturated carbocycles. The smallest absolute Gasteiger partial charge is 0.440 e. The normalized spacial score (nSPS) is 19.1. The Kier molecular flexibility index (Phi) is 5.14. The Labute approximate surface area is 167 Å². The highest BCUT2D eigenvalue weighted by Crippen LogP contribution is 2.38. The van der Waals surface area contributed by atoms with Crippen LogP contribution in [0.5, 0.6) is 5.75 Å². The van der Waals surface area contributed by atoms with E-state index in [1.807, 2.05) is 0 Å². The number of ether oxygens (including phenoxy) is 1. The van der Waals surface area contributed by atoms with Crippen LogP contribution in [-0.4, -0.2) is 36.8 Å². The van der Waals surface area contributed by atoms with Gasteiger partial charge in [-0.05, 0) is 30.3 Å². The van der Waals surface area contributed by atoms with E-state index in [2.05, 4.69) is 0 Å². The van der Waals surface area contributed by atoms with E-state index in [1.54, 1.807) is 10.6 Å². The average molecular weight is 428 g/mol. The van der Waals surface area contributed by atoms with Gasteiger partial charge in [0.05, 0.1) is 12.8 Å². The first-order valence-corrected chi connectivity index (χ1v) is 8.43. The Morgan fingerprint density at radius 3 is 2.48 bits per heavy atom. The number of nitrogens with one attached hydrogen (secondary N) is 2. The van der Waals surface area contributed by atoms with Gasteiger partial charge in [-0.15, -0.1) is 0 Å². The quantitative estimate of drug-likeness (QED) is 0.734. The minimum Gasteiger partial charge on any atom is -0.495 e. The number of hydrogen-bond donors (Lipinski definition) is 2. The summed E-state index contributed by atoms with van der Waals surface area (Å²) >= 11 is 5.76. The van der Waals surface area contributed by atoms with Crippen LogP contribution in [0, 0.1) is 0 Å². The van der Waals surface area contributed by atoms with Crippen LogP contribution in [0.1, 0.15) is 10.4 Å². The molecule has 0 spiro atoms. The lowest BCUT2D eigenvalue weighted by Gasteiger charge is -2.30. The maximum atomic E-state index is 13.9. The number of carbonyl (C=O) groups is 3. The summed E-state index contributed by atoms with van der Waals surface area (Å²) < 4.78 is 46.8. The molecule has 2 N–H and O–H groups in total. The zero-order valence-corrected chi connectivity index (χ0v) is 15.5. The van der Waals surface area contributed by atoms with Crippen molar-refractivity contribution in [1.29, 1.82) is 0 Å². The Balaban J connectivity index is 2.04. The van der Waals surface area contributed by atoms with Crippen molar-refractivity contribution in [2.75, 3.05) is 12.0 Å². The minimum atomic E-state index is -5.34. The molecule has 1 aliphatic heterocycles. The van der Waals surface area contributed by atoms with Crippen LogP contribution in [0.4, 0.5) is 23.7 Å². The maximum Gasteiger partial charge on any atom is 0.440 e. The summed E-state index contributed by atoms with van der Waals surface area (Å²) in [6.07, 6.45) is -5.34. The highest BCUT2D eigenvalue weighted by Gasteiger charge is 2.69. The summed E-state index contributed by atoms with van der Waals surface area (Å²) in [5.74, 6) is -2.98. The van der Waals surface area contributed by atoms with Crippen molar-refractivity contribution in [3.05, 3.63) is 59.1 Å². The van der Waals surface area contributed by atoms with Gasteiger partial charge in [0.25, 0.3) is 17.5 Å². The molecule has 4 amide bonds. The number of para-hydroxylation sites is 2. The summed E-state index contributed by atoms with van der Waals surface area (Å²) in [5.41, 5.74) is -4.09. The number of urea groups is 1. The molecule has 1 saturated heterocycles. The third-order valence-electron chi connectivity index (χ3n) is 4.16. The van der Waals surface area contributed by atoms with Crippen molar-refractivity contribution in [3.8, 4) is 5.75 Å². The third kappa shape index (κ3) is 3.46. The van der Waals surface area contributed by atoms with E-state index >= 15 is 0 Å². The first-order valence-electron chi connectivity index (χ1n) is 8.05. The molecule has 1 fully saturated rings. The molecule has 1 heterocycles. The molecule has 2 aromatic rings. The van der Waals surface area contributed by atoms with Crippen LogP contribution in [0.15, 0.2) is 48.5 Å². The van der Waals surface area contributed by atoms with Gasteiger partial charge in [-0.25, -0.2) is 9.69 Å². The van der Waals surface area contributed by atoms with E-state index in [1.165, 1.54) is 49.6 Å². The molecule has 7 nitrogen and oxygen atoms in total. The zero-order valence-electron chi connectivity index (χ0n) is 14.7. The van der Waals surface area contributed by atoms with Crippen LogP contribution in [-0.2, 0) is 4.79 Å². The molecule has 2 aromatic carbocycles. The second kappa shape index (κ2) is 7.28. The van der Waals surface area contributed by atoms with Gasteiger partial charge >= 0.3 is 12.2 Å². The number of rotatable bonds is 4. The van der Waals surface area contributed by atoms with E-state index < -0.39 is 29.7 Å². The van der Waals surface area contributed by atoms with E-state index in [-0.39, 0.29) is 26.9 Å². The van der Waals surface area contributed by atoms with Crippen molar-refractivity contribution in [1.82, 2.24) is 10.6 Å². The van der Waals surface area contributed by atoms with Crippen molar-refractivity contribution in [3.63, 3.8) is 0 Å². The molecule has 0 aliphatic carbocycles. The summed E-state index contributed by atoms with van der Waals surface area (Å²) in [4.78, 5) is 37.8. The lowest BCUT2D eigenvalue weighted by molar-refractivity contribution is -0.197. The molecular formula is C18H13ClF3N3O4. The number of amides is 4. The SMILES string of the molecule is COc1ccccc1N1C(=O)N[C@](NC(=O)c2cccc(Cl)c2)(C(F)(F)F)C1=O. The number of anilines is 1. The Bertz CT molecular complexity index is 998. The minimum absolute atomic E-state index is 0.00450. The topological polar surface area (TPSA) is 87.7 Å². The fourth-order valence-corrected chi connectivity index (χ4v) is 2.97. The molecule has 1 atom stereocenters. The van der Waals surface area contributed by atoms with Gasteiger partial charge in [-0.1, -0.05) is 29.8 Å². The van der Waals surface area contributed by atoms with Crippen LogP contribution in [0.25, 0.3) is 0 Å².